The number of hydrogen-bond acceptors (Lipinski definition) is 2. The zero-order valence-corrected chi connectivity index (χ0v) is 7.97. The van der Waals surface area contributed by atoms with Gasteiger partial charge in [0, 0.05) is 13.6 Å². The Bertz CT molecular complexity index is 160. The Kier molecular flexibility index (Phi) is 2.82. The first-order valence-electron chi connectivity index (χ1n) is 4.00. The second-order valence-electron chi connectivity index (χ2n) is 3.41. The lowest BCUT2D eigenvalue weighted by Crippen LogP contribution is -2.29. The van der Waals surface area contributed by atoms with Gasteiger partial charge in [-0.3, -0.25) is 4.79 Å². The molecule has 2 nitrogen and oxygen atoms in total. The van der Waals surface area contributed by atoms with Gasteiger partial charge in [0.2, 0.25) is 5.91 Å². The highest BCUT2D eigenvalue weighted by molar-refractivity contribution is 7.81. The first-order valence-corrected chi connectivity index (χ1v) is 4.63. The Balaban J connectivity index is 2.20. The molecular formula is C8H15NOS. The van der Waals surface area contributed by atoms with Crippen molar-refractivity contribution in [3.05, 3.63) is 0 Å². The van der Waals surface area contributed by atoms with Crippen LogP contribution in [0.4, 0.5) is 0 Å². The van der Waals surface area contributed by atoms with E-state index in [2.05, 4.69) is 19.6 Å². The molecule has 0 aromatic rings. The molecule has 1 rings (SSSR count). The lowest BCUT2D eigenvalue weighted by Gasteiger charge is -2.15. The third-order valence-electron chi connectivity index (χ3n) is 2.35. The molecule has 1 aliphatic rings. The third kappa shape index (κ3) is 2.40. The van der Waals surface area contributed by atoms with Gasteiger partial charge >= 0.3 is 0 Å². The van der Waals surface area contributed by atoms with Gasteiger partial charge in [-0.05, 0) is 18.3 Å². The molecule has 11 heavy (non-hydrogen) atoms. The highest BCUT2D eigenvalue weighted by Gasteiger charge is 2.33. The van der Waals surface area contributed by atoms with Crippen LogP contribution < -0.4 is 0 Å². The normalized spacial score (nSPS) is 28.3. The molecule has 0 radical (unpaired) electrons. The number of amides is 1. The van der Waals surface area contributed by atoms with Crippen LogP contribution in [0.3, 0.4) is 0 Å². The van der Waals surface area contributed by atoms with Crippen molar-refractivity contribution < 1.29 is 4.79 Å². The summed E-state index contributed by atoms with van der Waals surface area (Å²) in [7, 11) is 1.85. The molecule has 1 amide bonds. The van der Waals surface area contributed by atoms with Crippen molar-refractivity contribution in [3.63, 3.8) is 0 Å². The molecule has 1 fully saturated rings. The third-order valence-corrected chi connectivity index (χ3v) is 2.62. The molecule has 1 saturated carbocycles. The summed E-state index contributed by atoms with van der Waals surface area (Å²) < 4.78 is 0. The molecule has 3 heteroatoms. The van der Waals surface area contributed by atoms with Crippen molar-refractivity contribution >= 4 is 18.5 Å². The molecule has 0 aromatic carbocycles. The van der Waals surface area contributed by atoms with E-state index in [4.69, 9.17) is 0 Å². The minimum atomic E-state index is 0.132. The van der Waals surface area contributed by atoms with Crippen LogP contribution in [0.15, 0.2) is 0 Å². The van der Waals surface area contributed by atoms with Gasteiger partial charge in [-0.2, -0.15) is 12.6 Å². The zero-order chi connectivity index (χ0) is 8.43. The SMILES string of the molecule is CC1CC1CN(C)C(=O)CS. The Morgan fingerprint density at radius 2 is 2.27 bits per heavy atom. The summed E-state index contributed by atoms with van der Waals surface area (Å²) in [6.45, 7) is 3.14. The van der Waals surface area contributed by atoms with Crippen molar-refractivity contribution in [2.45, 2.75) is 13.3 Å². The van der Waals surface area contributed by atoms with E-state index in [0.29, 0.717) is 5.75 Å². The second kappa shape index (κ2) is 3.48. The lowest BCUT2D eigenvalue weighted by atomic mass is 10.3. The van der Waals surface area contributed by atoms with Crippen LogP contribution >= 0.6 is 12.6 Å². The van der Waals surface area contributed by atoms with Crippen LogP contribution in [0.5, 0.6) is 0 Å². The molecule has 2 atom stereocenters. The van der Waals surface area contributed by atoms with Crippen LogP contribution in [-0.4, -0.2) is 30.2 Å². The summed E-state index contributed by atoms with van der Waals surface area (Å²) in [5.74, 6) is 2.04. The maximum absolute atomic E-state index is 11.0. The predicted molar refractivity (Wildman–Crippen MR) is 48.8 cm³/mol. The molecule has 0 saturated heterocycles. The predicted octanol–water partition coefficient (Wildman–Crippen LogP) is 1.03. The Morgan fingerprint density at radius 1 is 1.73 bits per heavy atom. The number of carbonyl (C=O) groups is 1. The molecule has 0 heterocycles. The summed E-state index contributed by atoms with van der Waals surface area (Å²) in [5, 5.41) is 0. The van der Waals surface area contributed by atoms with E-state index < -0.39 is 0 Å². The van der Waals surface area contributed by atoms with E-state index >= 15 is 0 Å². The minimum Gasteiger partial charge on any atom is -0.345 e. The summed E-state index contributed by atoms with van der Waals surface area (Å²) in [6.07, 6.45) is 1.28. The maximum Gasteiger partial charge on any atom is 0.232 e. The molecule has 0 N–H and O–H groups in total. The summed E-state index contributed by atoms with van der Waals surface area (Å²) in [6, 6.07) is 0. The van der Waals surface area contributed by atoms with E-state index in [1.807, 2.05) is 7.05 Å². The smallest absolute Gasteiger partial charge is 0.232 e. The average Bonchev–Trinajstić information content (AvgIpc) is 2.65. The maximum atomic E-state index is 11.0. The van der Waals surface area contributed by atoms with Gasteiger partial charge in [0.05, 0.1) is 5.75 Å². The first kappa shape index (κ1) is 8.91. The van der Waals surface area contributed by atoms with Gasteiger partial charge in [0.25, 0.3) is 0 Å². The van der Waals surface area contributed by atoms with Crippen molar-refractivity contribution in [3.8, 4) is 0 Å². The number of carbonyl (C=O) groups excluding carboxylic acids is 1. The Labute approximate surface area is 73.4 Å². The van der Waals surface area contributed by atoms with Gasteiger partial charge in [0.15, 0.2) is 0 Å². The van der Waals surface area contributed by atoms with Crippen LogP contribution in [0, 0.1) is 11.8 Å². The van der Waals surface area contributed by atoms with E-state index in [1.165, 1.54) is 6.42 Å². The summed E-state index contributed by atoms with van der Waals surface area (Å²) in [5.41, 5.74) is 0. The second-order valence-corrected chi connectivity index (χ2v) is 3.72. The van der Waals surface area contributed by atoms with E-state index in [0.717, 1.165) is 18.4 Å². The molecule has 0 aliphatic heterocycles. The Hall–Kier alpha value is -0.180. The number of thiol groups is 1. The fourth-order valence-electron chi connectivity index (χ4n) is 1.23. The highest BCUT2D eigenvalue weighted by atomic mass is 32.1. The van der Waals surface area contributed by atoms with Gasteiger partial charge in [-0.15, -0.1) is 0 Å². The van der Waals surface area contributed by atoms with Crippen molar-refractivity contribution in [1.82, 2.24) is 4.90 Å². The van der Waals surface area contributed by atoms with E-state index in [1.54, 1.807) is 4.90 Å². The first-order chi connectivity index (χ1) is 5.15. The van der Waals surface area contributed by atoms with Crippen LogP contribution in [0.1, 0.15) is 13.3 Å². The van der Waals surface area contributed by atoms with Crippen molar-refractivity contribution in [2.75, 3.05) is 19.3 Å². The van der Waals surface area contributed by atoms with Gasteiger partial charge in [-0.1, -0.05) is 6.92 Å². The summed E-state index contributed by atoms with van der Waals surface area (Å²) in [4.78, 5) is 12.8. The lowest BCUT2D eigenvalue weighted by molar-refractivity contribution is -0.127. The zero-order valence-electron chi connectivity index (χ0n) is 7.08. The Morgan fingerprint density at radius 3 is 2.64 bits per heavy atom. The van der Waals surface area contributed by atoms with E-state index in [9.17, 15) is 4.79 Å². The fraction of sp³-hybridized carbons (Fsp3) is 0.875. The van der Waals surface area contributed by atoms with Crippen LogP contribution in [-0.2, 0) is 4.79 Å². The topological polar surface area (TPSA) is 20.3 Å². The molecule has 0 spiro atoms. The van der Waals surface area contributed by atoms with Crippen LogP contribution in [0.2, 0.25) is 0 Å². The largest absolute Gasteiger partial charge is 0.345 e. The number of nitrogens with zero attached hydrogens (tertiary/aromatic N) is 1. The van der Waals surface area contributed by atoms with E-state index in [-0.39, 0.29) is 5.91 Å². The van der Waals surface area contributed by atoms with Crippen LogP contribution in [0.25, 0.3) is 0 Å². The van der Waals surface area contributed by atoms with Gasteiger partial charge in [0.1, 0.15) is 0 Å². The molecule has 2 unspecified atom stereocenters. The number of rotatable bonds is 3. The standard InChI is InChI=1S/C8H15NOS/c1-6-3-7(6)4-9(2)8(10)5-11/h6-7,11H,3-5H2,1-2H3. The highest BCUT2D eigenvalue weighted by Crippen LogP contribution is 2.37. The molecule has 1 aliphatic carbocycles. The van der Waals surface area contributed by atoms with Gasteiger partial charge in [-0.25, -0.2) is 0 Å². The fourth-order valence-corrected chi connectivity index (χ4v) is 1.47. The van der Waals surface area contributed by atoms with Crippen molar-refractivity contribution in [1.29, 1.82) is 0 Å². The molecule has 0 aromatic heterocycles. The summed E-state index contributed by atoms with van der Waals surface area (Å²) >= 11 is 3.93. The molecule has 0 bridgehead atoms. The molecule has 64 valence electrons. The monoisotopic (exact) mass is 173 g/mol. The molecular weight excluding hydrogens is 158 g/mol. The minimum absolute atomic E-state index is 0.132. The quantitative estimate of drug-likeness (QED) is 0.632. The van der Waals surface area contributed by atoms with Gasteiger partial charge < -0.3 is 4.90 Å². The number of hydrogen-bond donors (Lipinski definition) is 1. The van der Waals surface area contributed by atoms with Crippen molar-refractivity contribution in [2.24, 2.45) is 11.8 Å². The average molecular weight is 173 g/mol.